The molecule has 0 aliphatic heterocycles. The number of carbonyl (C=O) groups is 2. The minimum atomic E-state index is -0.643. The van der Waals surface area contributed by atoms with Crippen LogP contribution in [-0.4, -0.2) is 38.7 Å². The summed E-state index contributed by atoms with van der Waals surface area (Å²) in [6.45, 7) is 2.18. The van der Waals surface area contributed by atoms with Crippen molar-refractivity contribution in [3.63, 3.8) is 0 Å². The molecule has 0 bridgehead atoms. The van der Waals surface area contributed by atoms with Crippen LogP contribution in [0.15, 0.2) is 48.5 Å². The van der Waals surface area contributed by atoms with Crippen LogP contribution in [0.5, 0.6) is 5.75 Å². The summed E-state index contributed by atoms with van der Waals surface area (Å²) in [6.07, 6.45) is 1.88. The Kier molecular flexibility index (Phi) is 7.63. The molecule has 3 aromatic rings. The Hall–Kier alpha value is -3.82. The molecule has 9 nitrogen and oxygen atoms in total. The smallest absolute Gasteiger partial charge is 0.342 e. The van der Waals surface area contributed by atoms with Crippen molar-refractivity contribution in [2.45, 2.75) is 32.9 Å². The van der Waals surface area contributed by atoms with E-state index in [4.69, 9.17) is 9.47 Å². The molecule has 0 aliphatic rings. The van der Waals surface area contributed by atoms with Crippen LogP contribution in [0, 0.1) is 5.82 Å². The van der Waals surface area contributed by atoms with Crippen LogP contribution in [0.4, 0.5) is 10.1 Å². The van der Waals surface area contributed by atoms with Gasteiger partial charge in [0.25, 0.3) is 5.91 Å². The number of unbranched alkanes of at least 4 members (excludes halogenated alkanes) is 1. The lowest BCUT2D eigenvalue weighted by Crippen LogP contribution is -2.21. The van der Waals surface area contributed by atoms with E-state index in [1.165, 1.54) is 30.3 Å². The average Bonchev–Trinajstić information content (AvgIpc) is 3.23. The minimum Gasteiger partial charge on any atom is -0.483 e. The molecule has 0 spiro atoms. The number of nitrogens with one attached hydrogen (secondary N) is 1. The highest BCUT2D eigenvalue weighted by Crippen LogP contribution is 2.20. The number of esters is 1. The molecule has 0 aliphatic carbocycles. The van der Waals surface area contributed by atoms with Gasteiger partial charge in [0, 0.05) is 6.54 Å². The van der Waals surface area contributed by atoms with Crippen LogP contribution in [0.1, 0.15) is 35.9 Å². The van der Waals surface area contributed by atoms with Crippen LogP contribution < -0.4 is 10.1 Å². The van der Waals surface area contributed by atoms with Crippen LogP contribution in [0.2, 0.25) is 0 Å². The molecule has 1 aromatic heterocycles. The SMILES string of the molecule is CCCCn1nnnc1COC(=O)c1ccccc1OCC(=O)Nc1ccccc1F. The highest BCUT2D eigenvalue weighted by Gasteiger charge is 2.17. The van der Waals surface area contributed by atoms with Crippen molar-refractivity contribution in [3.05, 3.63) is 65.7 Å². The molecule has 10 heteroatoms. The summed E-state index contributed by atoms with van der Waals surface area (Å²) in [4.78, 5) is 24.6. The second-order valence-electron chi connectivity index (χ2n) is 6.56. The molecule has 3 rings (SSSR count). The van der Waals surface area contributed by atoms with Crippen molar-refractivity contribution in [3.8, 4) is 5.75 Å². The molecular formula is C21H22FN5O4. The van der Waals surface area contributed by atoms with Crippen molar-refractivity contribution in [2.75, 3.05) is 11.9 Å². The van der Waals surface area contributed by atoms with E-state index in [0.717, 1.165) is 12.8 Å². The summed E-state index contributed by atoms with van der Waals surface area (Å²) in [5.41, 5.74) is 0.193. The molecule has 31 heavy (non-hydrogen) atoms. The van der Waals surface area contributed by atoms with Gasteiger partial charge in [-0.3, -0.25) is 4.79 Å². The van der Waals surface area contributed by atoms with E-state index in [2.05, 4.69) is 27.8 Å². The quantitative estimate of drug-likeness (QED) is 0.496. The number of hydrogen-bond acceptors (Lipinski definition) is 7. The number of rotatable bonds is 10. The second kappa shape index (κ2) is 10.8. The van der Waals surface area contributed by atoms with E-state index in [-0.39, 0.29) is 23.6 Å². The average molecular weight is 427 g/mol. The number of benzene rings is 2. The lowest BCUT2D eigenvalue weighted by molar-refractivity contribution is -0.118. The topological polar surface area (TPSA) is 108 Å². The van der Waals surface area contributed by atoms with Gasteiger partial charge < -0.3 is 14.8 Å². The minimum absolute atomic E-state index is 0.0459. The number of halogens is 1. The van der Waals surface area contributed by atoms with E-state index in [0.29, 0.717) is 12.4 Å². The largest absolute Gasteiger partial charge is 0.483 e. The van der Waals surface area contributed by atoms with E-state index in [1.54, 1.807) is 22.9 Å². The van der Waals surface area contributed by atoms with E-state index >= 15 is 0 Å². The number of tetrazole rings is 1. The third kappa shape index (κ3) is 6.08. The highest BCUT2D eigenvalue weighted by molar-refractivity contribution is 5.94. The Labute approximate surface area is 178 Å². The van der Waals surface area contributed by atoms with Gasteiger partial charge in [-0.15, -0.1) is 5.10 Å². The zero-order valence-corrected chi connectivity index (χ0v) is 17.0. The van der Waals surface area contributed by atoms with Gasteiger partial charge in [-0.25, -0.2) is 13.9 Å². The summed E-state index contributed by atoms with van der Waals surface area (Å²) in [5, 5.41) is 13.8. The standard InChI is InChI=1S/C21H22FN5O4/c1-2-3-12-27-19(24-25-26-27)13-31-21(29)15-8-4-7-11-18(15)30-14-20(28)23-17-10-6-5-9-16(17)22/h4-11H,2-3,12-14H2,1H3,(H,23,28). The number of nitrogens with zero attached hydrogens (tertiary/aromatic N) is 4. The predicted octanol–water partition coefficient (Wildman–Crippen LogP) is 2.99. The Bertz CT molecular complexity index is 1040. The molecule has 0 atom stereocenters. The van der Waals surface area contributed by atoms with Crippen LogP contribution in [0.25, 0.3) is 0 Å². The summed E-state index contributed by atoms with van der Waals surface area (Å²) in [6, 6.07) is 12.2. The first-order chi connectivity index (χ1) is 15.1. The first-order valence-corrected chi connectivity index (χ1v) is 9.77. The fourth-order valence-corrected chi connectivity index (χ4v) is 2.67. The Morgan fingerprint density at radius 1 is 1.13 bits per heavy atom. The molecule has 162 valence electrons. The molecule has 0 saturated carbocycles. The first kappa shape index (κ1) is 21.9. The van der Waals surface area contributed by atoms with Crippen molar-refractivity contribution in [2.24, 2.45) is 0 Å². The van der Waals surface area contributed by atoms with Crippen molar-refractivity contribution < 1.29 is 23.5 Å². The first-order valence-electron chi connectivity index (χ1n) is 9.77. The molecule has 0 unspecified atom stereocenters. The number of aromatic nitrogens is 4. The van der Waals surface area contributed by atoms with Crippen molar-refractivity contribution in [1.29, 1.82) is 0 Å². The number of aryl methyl sites for hydroxylation is 1. The Morgan fingerprint density at radius 3 is 2.71 bits per heavy atom. The van der Waals surface area contributed by atoms with Crippen molar-refractivity contribution in [1.82, 2.24) is 20.2 Å². The second-order valence-corrected chi connectivity index (χ2v) is 6.56. The van der Waals surface area contributed by atoms with Gasteiger partial charge in [-0.1, -0.05) is 37.6 Å². The predicted molar refractivity (Wildman–Crippen MR) is 109 cm³/mol. The lowest BCUT2D eigenvalue weighted by Gasteiger charge is -2.11. The number of carbonyl (C=O) groups excluding carboxylic acids is 2. The van der Waals surface area contributed by atoms with E-state index < -0.39 is 24.3 Å². The summed E-state index contributed by atoms with van der Waals surface area (Å²) in [5.74, 6) is -1.16. The molecule has 1 amide bonds. The molecule has 0 radical (unpaired) electrons. The monoisotopic (exact) mass is 427 g/mol. The van der Waals surface area contributed by atoms with Gasteiger partial charge in [-0.2, -0.15) is 0 Å². The maximum atomic E-state index is 13.6. The lowest BCUT2D eigenvalue weighted by atomic mass is 10.2. The zero-order chi connectivity index (χ0) is 22.1. The summed E-state index contributed by atoms with van der Waals surface area (Å²) >= 11 is 0. The van der Waals surface area contributed by atoms with Gasteiger partial charge in [-0.05, 0) is 41.1 Å². The molecule has 0 saturated heterocycles. The molecule has 1 heterocycles. The highest BCUT2D eigenvalue weighted by atomic mass is 19.1. The summed E-state index contributed by atoms with van der Waals surface area (Å²) < 4.78 is 26.0. The Balaban J connectivity index is 1.58. The van der Waals surface area contributed by atoms with Gasteiger partial charge in [0.05, 0.1) is 5.69 Å². The number of amides is 1. The zero-order valence-electron chi connectivity index (χ0n) is 17.0. The van der Waals surface area contributed by atoms with E-state index in [1.807, 2.05) is 0 Å². The Morgan fingerprint density at radius 2 is 1.90 bits per heavy atom. The molecule has 2 aromatic carbocycles. The third-order valence-corrected chi connectivity index (χ3v) is 4.28. The van der Waals surface area contributed by atoms with Gasteiger partial charge in [0.1, 0.15) is 17.1 Å². The third-order valence-electron chi connectivity index (χ3n) is 4.28. The van der Waals surface area contributed by atoms with Gasteiger partial charge in [0.2, 0.25) is 0 Å². The summed E-state index contributed by atoms with van der Waals surface area (Å²) in [7, 11) is 0. The van der Waals surface area contributed by atoms with Crippen LogP contribution in [0.3, 0.4) is 0 Å². The van der Waals surface area contributed by atoms with Gasteiger partial charge in [0.15, 0.2) is 19.0 Å². The van der Waals surface area contributed by atoms with Crippen molar-refractivity contribution >= 4 is 17.6 Å². The molecule has 1 N–H and O–H groups in total. The van der Waals surface area contributed by atoms with E-state index in [9.17, 15) is 14.0 Å². The number of hydrogen-bond donors (Lipinski definition) is 1. The fraction of sp³-hybridized carbons (Fsp3) is 0.286. The van der Waals surface area contributed by atoms with Crippen LogP contribution >= 0.6 is 0 Å². The van der Waals surface area contributed by atoms with Crippen LogP contribution in [-0.2, 0) is 22.7 Å². The van der Waals surface area contributed by atoms with Gasteiger partial charge >= 0.3 is 5.97 Å². The normalized spacial score (nSPS) is 10.5. The maximum Gasteiger partial charge on any atom is 0.342 e. The number of ether oxygens (including phenoxy) is 2. The number of para-hydroxylation sites is 2. The number of anilines is 1. The maximum absolute atomic E-state index is 13.6. The fourth-order valence-electron chi connectivity index (χ4n) is 2.67. The molecular weight excluding hydrogens is 405 g/mol. The molecule has 0 fully saturated rings.